The van der Waals surface area contributed by atoms with Gasteiger partial charge in [-0.3, -0.25) is 4.79 Å². The van der Waals surface area contributed by atoms with E-state index >= 15 is 0 Å². The summed E-state index contributed by atoms with van der Waals surface area (Å²) in [5, 5.41) is 2.86. The molecule has 6 nitrogen and oxygen atoms in total. The largest absolute Gasteiger partial charge is 0.492 e. The number of rotatable bonds is 6. The van der Waals surface area contributed by atoms with Crippen LogP contribution in [0.4, 0.5) is 4.39 Å². The van der Waals surface area contributed by atoms with E-state index in [0.717, 1.165) is 5.56 Å². The maximum Gasteiger partial charge on any atom is 0.251 e. The molecule has 0 bridgehead atoms. The highest BCUT2D eigenvalue weighted by molar-refractivity contribution is 7.88. The van der Waals surface area contributed by atoms with Crippen LogP contribution in [0, 0.1) is 5.82 Å². The highest BCUT2D eigenvalue weighted by Gasteiger charge is 2.27. The third kappa shape index (κ3) is 5.15. The molecule has 0 atom stereocenters. The summed E-state index contributed by atoms with van der Waals surface area (Å²) in [6, 6.07) is 20.4. The Kier molecular flexibility index (Phi) is 6.53. The first kappa shape index (κ1) is 22.0. The Morgan fingerprint density at radius 1 is 1.03 bits per heavy atom. The average Bonchev–Trinajstić information content (AvgIpc) is 3.02. The van der Waals surface area contributed by atoms with Crippen LogP contribution in [0.3, 0.4) is 0 Å². The minimum absolute atomic E-state index is 0.0475. The molecule has 3 aromatic rings. The number of amides is 1. The monoisotopic (exact) mass is 454 g/mol. The van der Waals surface area contributed by atoms with Crippen LogP contribution in [0.1, 0.15) is 27.0 Å². The highest BCUT2D eigenvalue weighted by Crippen LogP contribution is 2.27. The summed E-state index contributed by atoms with van der Waals surface area (Å²) < 4.78 is 46.9. The van der Waals surface area contributed by atoms with E-state index in [0.29, 0.717) is 23.4 Å². The van der Waals surface area contributed by atoms with Gasteiger partial charge in [-0.1, -0.05) is 48.5 Å². The van der Waals surface area contributed by atoms with Crippen molar-refractivity contribution in [2.24, 2.45) is 0 Å². The van der Waals surface area contributed by atoms with Crippen LogP contribution in [-0.4, -0.2) is 31.8 Å². The summed E-state index contributed by atoms with van der Waals surface area (Å²) in [6.45, 7) is 0.742. The minimum Gasteiger partial charge on any atom is -0.492 e. The summed E-state index contributed by atoms with van der Waals surface area (Å²) in [7, 11) is -3.79. The van der Waals surface area contributed by atoms with Gasteiger partial charge in [-0.15, -0.1) is 0 Å². The Hall–Kier alpha value is -3.23. The van der Waals surface area contributed by atoms with Crippen LogP contribution in [0.15, 0.2) is 72.8 Å². The number of nitrogens with zero attached hydrogens (tertiary/aromatic N) is 1. The number of carbonyl (C=O) groups excluding carboxylic acids is 1. The van der Waals surface area contributed by atoms with Crippen LogP contribution >= 0.6 is 0 Å². The van der Waals surface area contributed by atoms with Gasteiger partial charge in [-0.2, -0.15) is 4.31 Å². The van der Waals surface area contributed by atoms with Gasteiger partial charge < -0.3 is 10.1 Å². The minimum atomic E-state index is -3.79. The van der Waals surface area contributed by atoms with E-state index in [4.69, 9.17) is 4.74 Å². The van der Waals surface area contributed by atoms with Crippen molar-refractivity contribution in [2.45, 2.75) is 18.8 Å². The first-order valence-electron chi connectivity index (χ1n) is 10.2. The van der Waals surface area contributed by atoms with Crippen molar-refractivity contribution in [1.29, 1.82) is 0 Å². The molecule has 166 valence electrons. The molecule has 0 unspecified atom stereocenters. The van der Waals surface area contributed by atoms with Crippen LogP contribution in [0.2, 0.25) is 0 Å². The topological polar surface area (TPSA) is 75.7 Å². The van der Waals surface area contributed by atoms with Crippen LogP contribution in [0.25, 0.3) is 0 Å². The second-order valence-electron chi connectivity index (χ2n) is 7.52. The molecule has 0 fully saturated rings. The Balaban J connectivity index is 1.50. The van der Waals surface area contributed by atoms with E-state index < -0.39 is 21.6 Å². The van der Waals surface area contributed by atoms with Gasteiger partial charge >= 0.3 is 0 Å². The Morgan fingerprint density at radius 3 is 2.56 bits per heavy atom. The molecule has 0 saturated carbocycles. The van der Waals surface area contributed by atoms with Crippen molar-refractivity contribution >= 4 is 15.9 Å². The van der Waals surface area contributed by atoms with Crippen molar-refractivity contribution < 1.29 is 22.3 Å². The lowest BCUT2D eigenvalue weighted by Crippen LogP contribution is -2.33. The fourth-order valence-corrected chi connectivity index (χ4v) is 5.03. The van der Waals surface area contributed by atoms with Crippen LogP contribution < -0.4 is 10.1 Å². The average molecular weight is 455 g/mol. The lowest BCUT2D eigenvalue weighted by atomic mass is 10.1. The normalized spacial score (nSPS) is 14.2. The zero-order valence-electron chi connectivity index (χ0n) is 17.3. The Morgan fingerprint density at radius 2 is 1.78 bits per heavy atom. The summed E-state index contributed by atoms with van der Waals surface area (Å²) in [5.74, 6) is -0.721. The second-order valence-corrected chi connectivity index (χ2v) is 9.49. The SMILES string of the molecule is O=C(NCc1ccccc1)c1ccc2c(c1)CN(S(=O)(=O)Cc1ccccc1F)CCO2. The number of halogens is 1. The summed E-state index contributed by atoms with van der Waals surface area (Å²) >= 11 is 0. The fraction of sp³-hybridized carbons (Fsp3) is 0.208. The maximum absolute atomic E-state index is 14.0. The molecule has 1 heterocycles. The molecule has 0 spiro atoms. The molecule has 0 aliphatic carbocycles. The van der Waals surface area contributed by atoms with Gasteiger partial charge in [0.05, 0.1) is 5.75 Å². The predicted octanol–water partition coefficient (Wildman–Crippen LogP) is 3.48. The number of ether oxygens (including phenoxy) is 1. The zero-order valence-corrected chi connectivity index (χ0v) is 18.1. The molecular formula is C24H23FN2O4S. The van der Waals surface area contributed by atoms with Crippen molar-refractivity contribution in [3.8, 4) is 5.75 Å². The molecule has 1 N–H and O–H groups in total. The molecule has 4 rings (SSSR count). The van der Waals surface area contributed by atoms with Gasteiger partial charge in [0.2, 0.25) is 10.0 Å². The van der Waals surface area contributed by atoms with Crippen molar-refractivity contribution in [3.05, 3.63) is 101 Å². The molecule has 3 aromatic carbocycles. The quantitative estimate of drug-likeness (QED) is 0.619. The molecule has 0 aromatic heterocycles. The van der Waals surface area contributed by atoms with Gasteiger partial charge in [0.1, 0.15) is 18.2 Å². The third-order valence-corrected chi connectivity index (χ3v) is 7.03. The number of carbonyl (C=O) groups is 1. The second kappa shape index (κ2) is 9.50. The van der Waals surface area contributed by atoms with Crippen molar-refractivity contribution in [1.82, 2.24) is 9.62 Å². The van der Waals surface area contributed by atoms with Gasteiger partial charge in [0.25, 0.3) is 5.91 Å². The summed E-state index contributed by atoms with van der Waals surface area (Å²) in [5.41, 5.74) is 2.10. The molecule has 1 aliphatic rings. The molecule has 1 aliphatic heterocycles. The fourth-order valence-electron chi connectivity index (χ4n) is 3.53. The van der Waals surface area contributed by atoms with Gasteiger partial charge in [0.15, 0.2) is 0 Å². The summed E-state index contributed by atoms with van der Waals surface area (Å²) in [6.07, 6.45) is 0. The number of fused-ring (bicyclic) bond motifs is 1. The number of benzene rings is 3. The van der Waals surface area contributed by atoms with Crippen LogP contribution in [-0.2, 0) is 28.9 Å². The third-order valence-electron chi connectivity index (χ3n) is 5.25. The van der Waals surface area contributed by atoms with E-state index in [2.05, 4.69) is 5.32 Å². The molecule has 32 heavy (non-hydrogen) atoms. The molecule has 0 saturated heterocycles. The van der Waals surface area contributed by atoms with Gasteiger partial charge in [-0.05, 0) is 29.8 Å². The molecule has 1 amide bonds. The molecule has 8 heteroatoms. The zero-order chi connectivity index (χ0) is 22.6. The van der Waals surface area contributed by atoms with E-state index in [1.807, 2.05) is 30.3 Å². The van der Waals surface area contributed by atoms with E-state index in [9.17, 15) is 17.6 Å². The number of hydrogen-bond acceptors (Lipinski definition) is 4. The predicted molar refractivity (Wildman–Crippen MR) is 119 cm³/mol. The van der Waals surface area contributed by atoms with Crippen molar-refractivity contribution in [3.63, 3.8) is 0 Å². The number of hydrogen-bond donors (Lipinski definition) is 1. The Bertz CT molecular complexity index is 1220. The molecule has 0 radical (unpaired) electrons. The number of sulfonamides is 1. The van der Waals surface area contributed by atoms with E-state index in [1.54, 1.807) is 24.3 Å². The standard InChI is InChI=1S/C24H23FN2O4S/c25-22-9-5-4-8-20(22)17-32(29,30)27-12-13-31-23-11-10-19(14-21(23)16-27)24(28)26-15-18-6-2-1-3-7-18/h1-11,14H,12-13,15-17H2,(H,26,28). The van der Waals surface area contributed by atoms with E-state index in [-0.39, 0.29) is 31.2 Å². The lowest BCUT2D eigenvalue weighted by Gasteiger charge is -2.20. The smallest absolute Gasteiger partial charge is 0.251 e. The lowest BCUT2D eigenvalue weighted by molar-refractivity contribution is 0.0950. The Labute approximate surface area is 186 Å². The van der Waals surface area contributed by atoms with Crippen molar-refractivity contribution in [2.75, 3.05) is 13.2 Å². The maximum atomic E-state index is 14.0. The highest BCUT2D eigenvalue weighted by atomic mass is 32.2. The number of nitrogens with one attached hydrogen (secondary N) is 1. The van der Waals surface area contributed by atoms with Gasteiger partial charge in [0, 0.05) is 36.3 Å². The molecular weight excluding hydrogens is 431 g/mol. The van der Waals surface area contributed by atoms with Crippen LogP contribution in [0.5, 0.6) is 5.75 Å². The van der Waals surface area contributed by atoms with E-state index in [1.165, 1.54) is 22.5 Å². The first-order valence-corrected chi connectivity index (χ1v) is 11.8. The van der Waals surface area contributed by atoms with Gasteiger partial charge in [-0.25, -0.2) is 12.8 Å². The first-order chi connectivity index (χ1) is 15.4. The summed E-state index contributed by atoms with van der Waals surface area (Å²) in [4.78, 5) is 12.6.